The Morgan fingerprint density at radius 1 is 1.19 bits per heavy atom. The number of amides is 2. The molecule has 1 unspecified atom stereocenters. The van der Waals surface area contributed by atoms with Crippen molar-refractivity contribution < 1.29 is 37.1 Å². The van der Waals surface area contributed by atoms with Crippen LogP contribution >= 0.6 is 0 Å². The summed E-state index contributed by atoms with van der Waals surface area (Å²) in [6.07, 6.45) is 4.63. The molecule has 32 heavy (non-hydrogen) atoms. The van der Waals surface area contributed by atoms with E-state index in [0.717, 1.165) is 31.4 Å². The highest BCUT2D eigenvalue weighted by atomic mass is 19.4. The molecule has 0 radical (unpaired) electrons. The molecule has 1 N–H and O–H groups in total. The average molecular weight is 453 g/mol. The van der Waals surface area contributed by atoms with E-state index in [1.165, 1.54) is 12.5 Å². The van der Waals surface area contributed by atoms with Crippen molar-refractivity contribution >= 4 is 17.8 Å². The number of carboxylic acid groups (broad SMARTS) is 1. The van der Waals surface area contributed by atoms with Gasteiger partial charge in [0.05, 0.1) is 17.4 Å². The first-order valence-electron chi connectivity index (χ1n) is 9.93. The van der Waals surface area contributed by atoms with Crippen molar-refractivity contribution in [2.75, 3.05) is 13.1 Å². The molecule has 4 heterocycles. The Hall–Kier alpha value is -3.37. The van der Waals surface area contributed by atoms with Crippen LogP contribution in [0.2, 0.25) is 0 Å². The summed E-state index contributed by atoms with van der Waals surface area (Å²) in [6.45, 7) is 1.89. The Balaban J connectivity index is 0.000000360. The second kappa shape index (κ2) is 9.41. The van der Waals surface area contributed by atoms with Gasteiger partial charge in [-0.05, 0) is 43.0 Å². The molecule has 0 bridgehead atoms. The van der Waals surface area contributed by atoms with Crippen LogP contribution in [-0.2, 0) is 16.1 Å². The lowest BCUT2D eigenvalue weighted by atomic mass is 9.86. The van der Waals surface area contributed by atoms with Gasteiger partial charge in [0.2, 0.25) is 5.91 Å². The lowest BCUT2D eigenvalue weighted by Crippen LogP contribution is -2.57. The summed E-state index contributed by atoms with van der Waals surface area (Å²) in [5, 5.41) is 7.12. The minimum atomic E-state index is -5.08. The average Bonchev–Trinajstić information content (AvgIpc) is 3.39. The van der Waals surface area contributed by atoms with E-state index in [9.17, 15) is 22.8 Å². The van der Waals surface area contributed by atoms with E-state index in [0.29, 0.717) is 25.1 Å². The first-order valence-corrected chi connectivity index (χ1v) is 9.93. The van der Waals surface area contributed by atoms with Gasteiger partial charge in [-0.3, -0.25) is 14.6 Å². The smallest absolute Gasteiger partial charge is 0.475 e. The van der Waals surface area contributed by atoms with Crippen LogP contribution < -0.4 is 0 Å². The molecule has 1 spiro atoms. The Morgan fingerprint density at radius 2 is 1.88 bits per heavy atom. The number of nitrogens with zero attached hydrogens (tertiary/aromatic N) is 3. The molecule has 0 aromatic carbocycles. The second-order valence-electron chi connectivity index (χ2n) is 7.70. The van der Waals surface area contributed by atoms with Crippen LogP contribution in [0.4, 0.5) is 13.2 Å². The Morgan fingerprint density at radius 3 is 2.47 bits per heavy atom. The number of hydrogen-bond donors (Lipinski definition) is 1. The third-order valence-corrected chi connectivity index (χ3v) is 5.62. The molecule has 2 amide bonds. The van der Waals surface area contributed by atoms with Crippen molar-refractivity contribution in [3.63, 3.8) is 0 Å². The molecule has 0 aliphatic carbocycles. The number of likely N-dealkylation sites (tertiary alicyclic amines) is 2. The van der Waals surface area contributed by atoms with Crippen molar-refractivity contribution in [1.29, 1.82) is 0 Å². The highest BCUT2D eigenvalue weighted by molar-refractivity contribution is 5.94. The molecular formula is C21H22F3N3O5. The molecule has 172 valence electrons. The highest BCUT2D eigenvalue weighted by Gasteiger charge is 2.48. The van der Waals surface area contributed by atoms with Crippen LogP contribution in [0, 0.1) is 0 Å². The summed E-state index contributed by atoms with van der Waals surface area (Å²) < 4.78 is 36.8. The molecule has 2 aliphatic rings. The number of aliphatic carboxylic acids is 1. The van der Waals surface area contributed by atoms with Crippen LogP contribution in [0.15, 0.2) is 47.5 Å². The van der Waals surface area contributed by atoms with Crippen molar-refractivity contribution in [2.24, 2.45) is 0 Å². The van der Waals surface area contributed by atoms with Gasteiger partial charge < -0.3 is 19.3 Å². The Bertz CT molecular complexity index is 949. The number of furan rings is 1. The predicted octanol–water partition coefficient (Wildman–Crippen LogP) is 3.11. The Labute approximate surface area is 181 Å². The summed E-state index contributed by atoms with van der Waals surface area (Å²) in [4.78, 5) is 42.0. The van der Waals surface area contributed by atoms with Gasteiger partial charge in [0.25, 0.3) is 5.91 Å². The quantitative estimate of drug-likeness (QED) is 0.766. The van der Waals surface area contributed by atoms with E-state index in [-0.39, 0.29) is 17.4 Å². The lowest BCUT2D eigenvalue weighted by Gasteiger charge is -2.46. The van der Waals surface area contributed by atoms with Gasteiger partial charge in [-0.15, -0.1) is 0 Å². The number of halogens is 3. The minimum absolute atomic E-state index is 0.0176. The minimum Gasteiger partial charge on any atom is -0.475 e. The van der Waals surface area contributed by atoms with Crippen LogP contribution in [-0.4, -0.2) is 62.5 Å². The SMILES string of the molecule is O=C(O)C(F)(F)F.O=C(c1ccoc1)N1CCCC2(CCC(=O)N2Cc2ccncc2)C1. The monoisotopic (exact) mass is 453 g/mol. The summed E-state index contributed by atoms with van der Waals surface area (Å²) >= 11 is 0. The molecule has 4 rings (SSSR count). The van der Waals surface area contributed by atoms with E-state index >= 15 is 0 Å². The maximum atomic E-state index is 12.7. The molecule has 2 aromatic rings. The van der Waals surface area contributed by atoms with Crippen LogP contribution in [0.5, 0.6) is 0 Å². The standard InChI is InChI=1S/C19H21N3O3.C2HF3O2/c23-17-2-7-19(22(17)12-15-3-8-20-9-4-15)6-1-10-21(14-19)18(24)16-5-11-25-13-16;3-2(4,5)1(6)7/h3-5,8-9,11,13H,1-2,6-7,10,12,14H2;(H,6,7). The zero-order chi connectivity index (χ0) is 23.4. The van der Waals surface area contributed by atoms with Crippen LogP contribution in [0.25, 0.3) is 0 Å². The van der Waals surface area contributed by atoms with E-state index in [4.69, 9.17) is 14.3 Å². The maximum Gasteiger partial charge on any atom is 0.490 e. The summed E-state index contributed by atoms with van der Waals surface area (Å²) in [5.41, 5.74) is 1.39. The first kappa shape index (κ1) is 23.3. The van der Waals surface area contributed by atoms with E-state index in [2.05, 4.69) is 4.98 Å². The van der Waals surface area contributed by atoms with Gasteiger partial charge in [0, 0.05) is 38.4 Å². The van der Waals surface area contributed by atoms with Gasteiger partial charge in [0.1, 0.15) is 6.26 Å². The predicted molar refractivity (Wildman–Crippen MR) is 104 cm³/mol. The summed E-state index contributed by atoms with van der Waals surface area (Å²) in [5.74, 6) is -2.60. The van der Waals surface area contributed by atoms with Crippen molar-refractivity contribution in [1.82, 2.24) is 14.8 Å². The van der Waals surface area contributed by atoms with Gasteiger partial charge in [-0.25, -0.2) is 4.79 Å². The number of rotatable bonds is 3. The molecular weight excluding hydrogens is 431 g/mol. The van der Waals surface area contributed by atoms with E-state index in [1.54, 1.807) is 18.5 Å². The molecule has 1 atom stereocenters. The van der Waals surface area contributed by atoms with Gasteiger partial charge in [-0.1, -0.05) is 0 Å². The lowest BCUT2D eigenvalue weighted by molar-refractivity contribution is -0.192. The number of hydrogen-bond acceptors (Lipinski definition) is 5. The number of alkyl halides is 3. The normalized spacial score (nSPS) is 20.8. The summed E-state index contributed by atoms with van der Waals surface area (Å²) in [6, 6.07) is 5.57. The fourth-order valence-corrected chi connectivity index (χ4v) is 4.08. The molecule has 0 saturated carbocycles. The summed E-state index contributed by atoms with van der Waals surface area (Å²) in [7, 11) is 0. The zero-order valence-corrected chi connectivity index (χ0v) is 17.0. The molecule has 2 aliphatic heterocycles. The van der Waals surface area contributed by atoms with Crippen LogP contribution in [0.3, 0.4) is 0 Å². The maximum absolute atomic E-state index is 12.7. The first-order chi connectivity index (χ1) is 15.1. The fraction of sp³-hybridized carbons (Fsp3) is 0.429. The molecule has 2 aromatic heterocycles. The third-order valence-electron chi connectivity index (χ3n) is 5.62. The number of carbonyl (C=O) groups is 3. The Kier molecular flexibility index (Phi) is 6.85. The van der Waals surface area contributed by atoms with Gasteiger partial charge in [0.15, 0.2) is 0 Å². The largest absolute Gasteiger partial charge is 0.490 e. The van der Waals surface area contributed by atoms with Crippen molar-refractivity contribution in [3.05, 3.63) is 54.2 Å². The topological polar surface area (TPSA) is 104 Å². The fourth-order valence-electron chi connectivity index (χ4n) is 4.08. The third kappa shape index (κ3) is 5.27. The number of pyridine rings is 1. The molecule has 8 nitrogen and oxygen atoms in total. The number of aromatic nitrogens is 1. The van der Waals surface area contributed by atoms with Crippen LogP contribution in [0.1, 0.15) is 41.6 Å². The van der Waals surface area contributed by atoms with Gasteiger partial charge >= 0.3 is 12.1 Å². The molecule has 11 heteroatoms. The number of carboxylic acids is 1. The molecule has 2 saturated heterocycles. The molecule has 2 fully saturated rings. The number of carbonyl (C=O) groups excluding carboxylic acids is 2. The zero-order valence-electron chi connectivity index (χ0n) is 17.0. The number of piperidine rings is 1. The van der Waals surface area contributed by atoms with Gasteiger partial charge in [-0.2, -0.15) is 13.2 Å². The van der Waals surface area contributed by atoms with E-state index < -0.39 is 12.1 Å². The second-order valence-corrected chi connectivity index (χ2v) is 7.70. The van der Waals surface area contributed by atoms with Crippen molar-refractivity contribution in [3.8, 4) is 0 Å². The van der Waals surface area contributed by atoms with E-state index in [1.807, 2.05) is 21.9 Å². The van der Waals surface area contributed by atoms with Crippen molar-refractivity contribution in [2.45, 2.75) is 43.9 Å². The highest BCUT2D eigenvalue weighted by Crippen LogP contribution is 2.39.